The van der Waals surface area contributed by atoms with Crippen LogP contribution in [0.4, 0.5) is 0 Å². The van der Waals surface area contributed by atoms with Gasteiger partial charge in [-0.05, 0) is 76.3 Å². The summed E-state index contributed by atoms with van der Waals surface area (Å²) in [7, 11) is 0. The first-order valence-electron chi connectivity index (χ1n) is 12.5. The van der Waals surface area contributed by atoms with Gasteiger partial charge in [0, 0.05) is 0 Å². The van der Waals surface area contributed by atoms with Crippen molar-refractivity contribution in [1.82, 2.24) is 0 Å². The lowest BCUT2D eigenvalue weighted by Crippen LogP contribution is -2.28. The highest BCUT2D eigenvalue weighted by molar-refractivity contribution is 5.95. The van der Waals surface area contributed by atoms with Gasteiger partial charge in [-0.25, -0.2) is 9.59 Å². The van der Waals surface area contributed by atoms with E-state index in [9.17, 15) is 19.8 Å². The van der Waals surface area contributed by atoms with E-state index >= 15 is 0 Å². The maximum absolute atomic E-state index is 13.3. The smallest absolute Gasteiger partial charge is 0.344 e. The molecule has 0 aliphatic carbocycles. The molecule has 5 heterocycles. The molecule has 0 fully saturated rings. The zero-order valence-electron chi connectivity index (χ0n) is 21.5. The predicted octanol–water partition coefficient (Wildman–Crippen LogP) is 4.82. The lowest BCUT2D eigenvalue weighted by molar-refractivity contribution is -0.00988. The molecule has 2 unspecified atom stereocenters. The molecule has 198 valence electrons. The summed E-state index contributed by atoms with van der Waals surface area (Å²) in [4.78, 5) is 26.7. The zero-order chi connectivity index (χ0) is 27.4. The molecule has 39 heavy (non-hydrogen) atoms. The fourth-order valence-electron chi connectivity index (χ4n) is 5.51. The van der Waals surface area contributed by atoms with Crippen LogP contribution in [0.1, 0.15) is 55.9 Å². The Morgan fingerprint density at radius 2 is 1.26 bits per heavy atom. The molecule has 0 radical (unpaired) electrons. The number of fused-ring (bicyclic) bond motifs is 8. The summed E-state index contributed by atoms with van der Waals surface area (Å²) in [5, 5.41) is 22.9. The second kappa shape index (κ2) is 7.54. The van der Waals surface area contributed by atoms with E-state index in [1.165, 1.54) is 0 Å². The highest BCUT2D eigenvalue weighted by atomic mass is 16.6. The van der Waals surface area contributed by atoms with E-state index in [1.54, 1.807) is 30.3 Å². The third kappa shape index (κ3) is 3.36. The molecule has 9 heteroatoms. The normalized spacial score (nSPS) is 21.6. The van der Waals surface area contributed by atoms with Gasteiger partial charge in [-0.3, -0.25) is 0 Å². The van der Waals surface area contributed by atoms with Crippen molar-refractivity contribution in [2.24, 2.45) is 0 Å². The summed E-state index contributed by atoms with van der Waals surface area (Å²) in [6, 6.07) is 6.64. The van der Waals surface area contributed by atoms with Crippen molar-refractivity contribution in [2.45, 2.75) is 51.1 Å². The molecule has 4 aromatic rings. The lowest BCUT2D eigenvalue weighted by Gasteiger charge is -2.28. The second-order valence-electron chi connectivity index (χ2n) is 11.1. The van der Waals surface area contributed by atoms with Crippen LogP contribution in [0.5, 0.6) is 23.0 Å². The summed E-state index contributed by atoms with van der Waals surface area (Å²) in [5.74, 6) is -0.665. The van der Waals surface area contributed by atoms with Gasteiger partial charge < -0.3 is 33.3 Å². The molecular weight excluding hydrogens is 504 g/mol. The Bertz CT molecular complexity index is 1920. The van der Waals surface area contributed by atoms with Crippen LogP contribution >= 0.6 is 0 Å². The monoisotopic (exact) mass is 528 g/mol. The summed E-state index contributed by atoms with van der Waals surface area (Å²) in [6.45, 7) is 7.59. The van der Waals surface area contributed by atoms with Crippen molar-refractivity contribution in [1.29, 1.82) is 0 Å². The van der Waals surface area contributed by atoms with Gasteiger partial charge in [-0.1, -0.05) is 0 Å². The zero-order valence-corrected chi connectivity index (χ0v) is 21.5. The Morgan fingerprint density at radius 1 is 0.744 bits per heavy atom. The quantitative estimate of drug-likeness (QED) is 0.334. The van der Waals surface area contributed by atoms with Gasteiger partial charge in [0.05, 0.1) is 38.9 Å². The number of benzene rings is 2. The molecule has 3 aliphatic heterocycles. The Hall–Kier alpha value is -4.50. The minimum Gasteiger partial charge on any atom is -0.507 e. The van der Waals surface area contributed by atoms with E-state index < -0.39 is 40.4 Å². The van der Waals surface area contributed by atoms with E-state index in [0.717, 1.165) is 0 Å². The van der Waals surface area contributed by atoms with E-state index in [0.29, 0.717) is 28.0 Å². The lowest BCUT2D eigenvalue weighted by atomic mass is 9.91. The first-order valence-corrected chi connectivity index (χ1v) is 12.5. The summed E-state index contributed by atoms with van der Waals surface area (Å²) in [5.41, 5.74) is -1.78. The summed E-state index contributed by atoms with van der Waals surface area (Å²) < 4.78 is 29.1. The first kappa shape index (κ1) is 23.6. The maximum Gasteiger partial charge on any atom is 0.344 e. The van der Waals surface area contributed by atoms with E-state index in [2.05, 4.69) is 0 Å². The minimum atomic E-state index is -1.65. The van der Waals surface area contributed by atoms with Gasteiger partial charge in [0.15, 0.2) is 11.2 Å². The molecule has 9 nitrogen and oxygen atoms in total. The third-order valence-electron chi connectivity index (χ3n) is 7.34. The van der Waals surface area contributed by atoms with Crippen LogP contribution in [-0.4, -0.2) is 27.7 Å². The van der Waals surface area contributed by atoms with Crippen molar-refractivity contribution in [3.63, 3.8) is 0 Å². The molecule has 0 saturated carbocycles. The molecule has 0 spiro atoms. The van der Waals surface area contributed by atoms with Crippen molar-refractivity contribution in [3.8, 4) is 23.0 Å². The van der Waals surface area contributed by atoms with Crippen molar-refractivity contribution in [3.05, 3.63) is 79.5 Å². The van der Waals surface area contributed by atoms with Crippen LogP contribution in [0.3, 0.4) is 0 Å². The van der Waals surface area contributed by atoms with Gasteiger partial charge >= 0.3 is 11.3 Å². The number of aliphatic hydroxyl groups excluding tert-OH is 1. The van der Waals surface area contributed by atoms with Gasteiger partial charge in [0.1, 0.15) is 34.2 Å². The number of rotatable bonds is 1. The van der Waals surface area contributed by atoms with E-state index in [4.69, 9.17) is 23.0 Å². The number of ether oxygens (including phenoxy) is 3. The average Bonchev–Trinajstić information content (AvgIpc) is 3.19. The van der Waals surface area contributed by atoms with Crippen molar-refractivity contribution >= 4 is 34.1 Å². The molecule has 0 saturated heterocycles. The van der Waals surface area contributed by atoms with Crippen LogP contribution in [0.15, 0.2) is 54.8 Å². The van der Waals surface area contributed by atoms with E-state index in [-0.39, 0.29) is 33.4 Å². The summed E-state index contributed by atoms with van der Waals surface area (Å²) in [6.07, 6.45) is 5.60. The minimum absolute atomic E-state index is 0.0719. The van der Waals surface area contributed by atoms with Gasteiger partial charge in [-0.15, -0.1) is 0 Å². The van der Waals surface area contributed by atoms with Crippen LogP contribution in [0.2, 0.25) is 0 Å². The number of aliphatic hydroxyl groups is 1. The highest BCUT2D eigenvalue weighted by Crippen LogP contribution is 2.48. The SMILES string of the molecule is CC1(C)C=Cc2c(ccc3c(O)c(C4c5c(c6ccc7c(c6oc5=O)C=CC(C)(C)O7)OC4O)c(=O)oc23)O1. The standard InChI is InChI=1S/C30H24O9/c1-29(2)11-9-13-17(38-29)7-5-15-22(31)20(27(33)35-23(13)15)19-21-25(37-26(19)32)16-6-8-18-14(24(16)36-28(21)34)10-12-30(3,4)39-18/h5-12,19,26,31-32H,1-4H3. The molecule has 2 aromatic heterocycles. The molecule has 0 amide bonds. The highest BCUT2D eigenvalue weighted by Gasteiger charge is 2.44. The maximum atomic E-state index is 13.3. The largest absolute Gasteiger partial charge is 0.507 e. The molecule has 0 bridgehead atoms. The second-order valence-corrected chi connectivity index (χ2v) is 11.1. The average molecular weight is 529 g/mol. The Balaban J connectivity index is 1.43. The van der Waals surface area contributed by atoms with E-state index in [1.807, 2.05) is 45.9 Å². The van der Waals surface area contributed by atoms with Crippen molar-refractivity contribution in [2.75, 3.05) is 0 Å². The van der Waals surface area contributed by atoms with Gasteiger partial charge in [0.25, 0.3) is 0 Å². The van der Waals surface area contributed by atoms with Crippen molar-refractivity contribution < 1.29 is 33.3 Å². The van der Waals surface area contributed by atoms with Crippen LogP contribution in [-0.2, 0) is 0 Å². The Labute approximate surface area is 221 Å². The molecule has 2 atom stereocenters. The summed E-state index contributed by atoms with van der Waals surface area (Å²) >= 11 is 0. The topological polar surface area (TPSA) is 129 Å². The fraction of sp³-hybridized carbons (Fsp3) is 0.267. The molecule has 7 rings (SSSR count). The molecular formula is C30H24O9. The van der Waals surface area contributed by atoms with Crippen LogP contribution in [0, 0.1) is 0 Å². The third-order valence-corrected chi connectivity index (χ3v) is 7.34. The number of aromatic hydroxyl groups is 1. The van der Waals surface area contributed by atoms with Gasteiger partial charge in [0.2, 0.25) is 6.29 Å². The number of hydrogen-bond donors (Lipinski definition) is 2. The molecule has 3 aliphatic rings. The predicted molar refractivity (Wildman–Crippen MR) is 143 cm³/mol. The Morgan fingerprint density at radius 3 is 1.85 bits per heavy atom. The van der Waals surface area contributed by atoms with Crippen LogP contribution in [0.25, 0.3) is 34.1 Å². The first-order chi connectivity index (χ1) is 18.4. The molecule has 2 N–H and O–H groups in total. The fourth-order valence-corrected chi connectivity index (χ4v) is 5.51. The number of hydrogen-bond acceptors (Lipinski definition) is 9. The molecule has 2 aromatic carbocycles. The van der Waals surface area contributed by atoms with Crippen LogP contribution < -0.4 is 25.5 Å². The van der Waals surface area contributed by atoms with Gasteiger partial charge in [-0.2, -0.15) is 0 Å². The Kier molecular flexibility index (Phi) is 4.56.